The maximum Gasteiger partial charge on any atom is 0.326 e. The van der Waals surface area contributed by atoms with E-state index in [9.17, 15) is 34.2 Å². The van der Waals surface area contributed by atoms with Gasteiger partial charge in [-0.2, -0.15) is 11.8 Å². The number of aliphatic carboxylic acids is 1. The van der Waals surface area contributed by atoms with Crippen molar-refractivity contribution in [3.63, 3.8) is 0 Å². The van der Waals surface area contributed by atoms with Gasteiger partial charge in [-0.15, -0.1) is 0 Å². The van der Waals surface area contributed by atoms with Crippen LogP contribution in [0.5, 0.6) is 5.75 Å². The van der Waals surface area contributed by atoms with Gasteiger partial charge in [0.05, 0.1) is 6.04 Å². The summed E-state index contributed by atoms with van der Waals surface area (Å²) in [5.41, 5.74) is 6.88. The van der Waals surface area contributed by atoms with Gasteiger partial charge in [0, 0.05) is 6.54 Å². The van der Waals surface area contributed by atoms with Gasteiger partial charge in [0.2, 0.25) is 23.6 Å². The molecule has 0 spiro atoms. The molecule has 1 saturated heterocycles. The van der Waals surface area contributed by atoms with Gasteiger partial charge in [0.15, 0.2) is 0 Å². The average Bonchev–Trinajstić information content (AvgIpc) is 3.44. The van der Waals surface area contributed by atoms with Crippen LogP contribution >= 0.6 is 11.8 Å². The molecule has 0 aliphatic carbocycles. The molecule has 4 amide bonds. The fourth-order valence-electron chi connectivity index (χ4n) is 4.97. The lowest BCUT2D eigenvalue weighted by Gasteiger charge is -2.32. The molecular weight excluding hydrogens is 574 g/mol. The van der Waals surface area contributed by atoms with E-state index in [2.05, 4.69) is 16.0 Å². The fraction of sp³-hybridized carbons (Fsp3) is 0.633. The highest BCUT2D eigenvalue weighted by molar-refractivity contribution is 7.98. The standard InChI is InChI=1S/C30H47N5O7S/c1-17(2)15-23(30(41)42)33-27(38)22(12-14-43-5)32-28(39)24-7-6-13-35(24)29(40)25(18(3)4)34-26(37)21(31)16-19-8-10-20(36)11-9-19/h8-11,17-18,21-25,36H,6-7,12-16,31H2,1-5H3,(H,32,39)(H,33,38)(H,34,37)(H,41,42)/t21-,22-,23-,24-,25-/m0/s1. The van der Waals surface area contributed by atoms with E-state index >= 15 is 0 Å². The quantitative estimate of drug-likeness (QED) is 0.158. The summed E-state index contributed by atoms with van der Waals surface area (Å²) in [5, 5.41) is 27.1. The smallest absolute Gasteiger partial charge is 0.326 e. The lowest BCUT2D eigenvalue weighted by Crippen LogP contribution is -2.59. The van der Waals surface area contributed by atoms with Crippen LogP contribution in [0.25, 0.3) is 0 Å². The molecule has 43 heavy (non-hydrogen) atoms. The van der Waals surface area contributed by atoms with E-state index in [1.165, 1.54) is 28.8 Å². The number of phenolic OH excluding ortho intramolecular Hbond substituents is 1. The molecule has 1 heterocycles. The van der Waals surface area contributed by atoms with Crippen molar-refractivity contribution in [1.82, 2.24) is 20.9 Å². The van der Waals surface area contributed by atoms with Crippen molar-refractivity contribution < 1.29 is 34.2 Å². The van der Waals surface area contributed by atoms with Crippen LogP contribution in [0.1, 0.15) is 58.9 Å². The summed E-state index contributed by atoms with van der Waals surface area (Å²) in [4.78, 5) is 66.3. The minimum Gasteiger partial charge on any atom is -0.508 e. The number of hydrogen-bond acceptors (Lipinski definition) is 8. The molecule has 0 aromatic heterocycles. The lowest BCUT2D eigenvalue weighted by atomic mass is 10.00. The van der Waals surface area contributed by atoms with Crippen LogP contribution < -0.4 is 21.7 Å². The van der Waals surface area contributed by atoms with Gasteiger partial charge in [-0.3, -0.25) is 19.2 Å². The van der Waals surface area contributed by atoms with Crippen LogP contribution in [0.4, 0.5) is 0 Å². The van der Waals surface area contributed by atoms with E-state index < -0.39 is 59.8 Å². The molecule has 1 aliphatic rings. The van der Waals surface area contributed by atoms with E-state index in [1.54, 1.807) is 26.0 Å². The molecule has 1 aromatic rings. The molecule has 0 bridgehead atoms. The van der Waals surface area contributed by atoms with Gasteiger partial charge in [0.1, 0.15) is 29.9 Å². The second kappa shape index (κ2) is 17.1. The van der Waals surface area contributed by atoms with Crippen molar-refractivity contribution in [1.29, 1.82) is 0 Å². The second-order valence-electron chi connectivity index (χ2n) is 11.8. The number of carbonyl (C=O) groups excluding carboxylic acids is 4. The molecule has 7 N–H and O–H groups in total. The highest BCUT2D eigenvalue weighted by Crippen LogP contribution is 2.21. The van der Waals surface area contributed by atoms with Crippen molar-refractivity contribution >= 4 is 41.4 Å². The molecule has 0 radical (unpaired) electrons. The number of likely N-dealkylation sites (tertiary alicyclic amines) is 1. The van der Waals surface area contributed by atoms with Gasteiger partial charge in [-0.25, -0.2) is 4.79 Å². The molecule has 240 valence electrons. The first-order valence-corrected chi connectivity index (χ1v) is 16.1. The normalized spacial score (nSPS) is 17.7. The van der Waals surface area contributed by atoms with Crippen LogP contribution in [-0.2, 0) is 30.4 Å². The van der Waals surface area contributed by atoms with E-state index in [0.29, 0.717) is 25.1 Å². The minimum atomic E-state index is -1.14. The number of nitrogens with one attached hydrogen (secondary N) is 3. The molecule has 5 atom stereocenters. The fourth-order valence-corrected chi connectivity index (χ4v) is 5.44. The number of phenols is 1. The summed E-state index contributed by atoms with van der Waals surface area (Å²) in [7, 11) is 0. The van der Waals surface area contributed by atoms with Crippen molar-refractivity contribution in [3.8, 4) is 5.75 Å². The zero-order valence-corrected chi connectivity index (χ0v) is 26.5. The largest absolute Gasteiger partial charge is 0.508 e. The Morgan fingerprint density at radius 1 is 1.00 bits per heavy atom. The van der Waals surface area contributed by atoms with Gasteiger partial charge < -0.3 is 36.8 Å². The Morgan fingerprint density at radius 2 is 1.65 bits per heavy atom. The van der Waals surface area contributed by atoms with Crippen LogP contribution in [0.3, 0.4) is 0 Å². The van der Waals surface area contributed by atoms with Crippen molar-refractivity contribution in [2.45, 2.75) is 90.0 Å². The minimum absolute atomic E-state index is 0.0375. The summed E-state index contributed by atoms with van der Waals surface area (Å²) in [6.45, 7) is 7.61. The number of carboxylic acid groups (broad SMARTS) is 1. The lowest BCUT2D eigenvalue weighted by molar-refractivity contribution is -0.144. The number of rotatable bonds is 16. The number of nitrogens with two attached hydrogens (primary N) is 1. The van der Waals surface area contributed by atoms with Gasteiger partial charge >= 0.3 is 5.97 Å². The predicted octanol–water partition coefficient (Wildman–Crippen LogP) is 1.25. The first-order valence-electron chi connectivity index (χ1n) is 14.7. The van der Waals surface area contributed by atoms with Gasteiger partial charge in [0.25, 0.3) is 0 Å². The molecule has 1 aromatic carbocycles. The number of hydrogen-bond donors (Lipinski definition) is 6. The summed E-state index contributed by atoms with van der Waals surface area (Å²) in [6.07, 6.45) is 3.56. The van der Waals surface area contributed by atoms with Crippen LogP contribution in [-0.4, -0.2) is 93.5 Å². The van der Waals surface area contributed by atoms with Crippen LogP contribution in [0.15, 0.2) is 24.3 Å². The van der Waals surface area contributed by atoms with E-state index in [-0.39, 0.29) is 36.8 Å². The van der Waals surface area contributed by atoms with Crippen molar-refractivity contribution in [2.24, 2.45) is 17.6 Å². The Labute approximate surface area is 257 Å². The van der Waals surface area contributed by atoms with E-state index in [0.717, 1.165) is 5.56 Å². The Morgan fingerprint density at radius 3 is 2.21 bits per heavy atom. The maximum absolute atomic E-state index is 13.7. The summed E-state index contributed by atoms with van der Waals surface area (Å²) in [5.74, 6) is -2.75. The van der Waals surface area contributed by atoms with Crippen LogP contribution in [0, 0.1) is 11.8 Å². The maximum atomic E-state index is 13.7. The third-order valence-electron chi connectivity index (χ3n) is 7.36. The topological polar surface area (TPSA) is 191 Å². The SMILES string of the molecule is CSCC[C@H](NC(=O)[C@@H]1CCCN1C(=O)[C@@H](NC(=O)[C@@H](N)Cc1ccc(O)cc1)C(C)C)C(=O)N[C@@H](CC(C)C)C(=O)O. The summed E-state index contributed by atoms with van der Waals surface area (Å²) >= 11 is 1.49. The van der Waals surface area contributed by atoms with Gasteiger partial charge in [-0.05, 0) is 73.6 Å². The highest BCUT2D eigenvalue weighted by atomic mass is 32.2. The summed E-state index contributed by atoms with van der Waals surface area (Å²) < 4.78 is 0. The molecule has 0 unspecified atom stereocenters. The van der Waals surface area contributed by atoms with Gasteiger partial charge in [-0.1, -0.05) is 39.8 Å². The monoisotopic (exact) mass is 621 g/mol. The first-order chi connectivity index (χ1) is 20.2. The molecule has 1 fully saturated rings. The Hall–Kier alpha value is -3.32. The second-order valence-corrected chi connectivity index (χ2v) is 12.8. The third-order valence-corrected chi connectivity index (χ3v) is 8.01. The number of amides is 4. The van der Waals surface area contributed by atoms with E-state index in [4.69, 9.17) is 5.73 Å². The van der Waals surface area contributed by atoms with Crippen molar-refractivity contribution in [2.75, 3.05) is 18.6 Å². The zero-order valence-electron chi connectivity index (χ0n) is 25.7. The Kier molecular flexibility index (Phi) is 14.3. The summed E-state index contributed by atoms with van der Waals surface area (Å²) in [6, 6.07) is 1.60. The first kappa shape index (κ1) is 35.9. The Balaban J connectivity index is 2.12. The number of aromatic hydroxyl groups is 1. The number of carboxylic acids is 1. The predicted molar refractivity (Wildman–Crippen MR) is 165 cm³/mol. The van der Waals surface area contributed by atoms with Crippen molar-refractivity contribution in [3.05, 3.63) is 29.8 Å². The average molecular weight is 622 g/mol. The Bertz CT molecular complexity index is 1110. The number of nitrogens with zero attached hydrogens (tertiary/aromatic N) is 1. The number of thioether (sulfide) groups is 1. The molecule has 0 saturated carbocycles. The highest BCUT2D eigenvalue weighted by Gasteiger charge is 2.40. The molecule has 12 nitrogen and oxygen atoms in total. The molecule has 2 rings (SSSR count). The molecule has 1 aliphatic heterocycles. The van der Waals surface area contributed by atoms with Crippen LogP contribution in [0.2, 0.25) is 0 Å². The van der Waals surface area contributed by atoms with E-state index in [1.807, 2.05) is 20.1 Å². The molecule has 13 heteroatoms. The molecular formula is C30H47N5O7S. The third kappa shape index (κ3) is 11.0. The number of carbonyl (C=O) groups is 5. The number of benzene rings is 1. The zero-order chi connectivity index (χ0) is 32.3.